The zero-order valence-electron chi connectivity index (χ0n) is 16.8. The summed E-state index contributed by atoms with van der Waals surface area (Å²) in [7, 11) is 4.05. The predicted molar refractivity (Wildman–Crippen MR) is 102 cm³/mol. The molecular formula is C21H23F3N2O4. The van der Waals surface area contributed by atoms with Crippen molar-refractivity contribution >= 4 is 11.9 Å². The largest absolute Gasteiger partial charge is 0.468 e. The molecule has 2 aromatic rings. The molecule has 2 rings (SSSR count). The van der Waals surface area contributed by atoms with E-state index in [4.69, 9.17) is 9.47 Å². The molecule has 0 N–H and O–H groups in total. The monoisotopic (exact) mass is 424 g/mol. The number of esters is 2. The van der Waals surface area contributed by atoms with Crippen LogP contribution >= 0.6 is 0 Å². The molecule has 0 fully saturated rings. The third-order valence-electron chi connectivity index (χ3n) is 4.62. The highest BCUT2D eigenvalue weighted by molar-refractivity contribution is 5.96. The van der Waals surface area contributed by atoms with Crippen LogP contribution in [0.15, 0.2) is 48.7 Å². The quantitative estimate of drug-likeness (QED) is 0.479. The van der Waals surface area contributed by atoms with Crippen LogP contribution in [-0.2, 0) is 31.8 Å². The number of alkyl halides is 3. The van der Waals surface area contributed by atoms with E-state index in [0.717, 1.165) is 32.0 Å². The lowest BCUT2D eigenvalue weighted by molar-refractivity contribution is -0.160. The number of carbonyl (C=O) groups is 2. The molecule has 30 heavy (non-hydrogen) atoms. The van der Waals surface area contributed by atoms with Crippen LogP contribution in [0.4, 0.5) is 13.2 Å². The minimum Gasteiger partial charge on any atom is -0.468 e. The first-order chi connectivity index (χ1) is 14.2. The Bertz CT molecular complexity index is 826. The maximum absolute atomic E-state index is 12.9. The van der Waals surface area contributed by atoms with Crippen LogP contribution in [0.5, 0.6) is 0 Å². The maximum Gasteiger partial charge on any atom is 0.433 e. The molecule has 0 bridgehead atoms. The number of aromatic nitrogens is 1. The van der Waals surface area contributed by atoms with Gasteiger partial charge in [-0.3, -0.25) is 14.6 Å². The number of rotatable bonds is 8. The van der Waals surface area contributed by atoms with Gasteiger partial charge in [0.1, 0.15) is 5.69 Å². The first-order valence-corrected chi connectivity index (χ1v) is 9.08. The Labute approximate surface area is 172 Å². The fraction of sp³-hybridized carbons (Fsp3) is 0.381. The lowest BCUT2D eigenvalue weighted by Gasteiger charge is -2.28. The second-order valence-electron chi connectivity index (χ2n) is 6.79. The van der Waals surface area contributed by atoms with Crippen molar-refractivity contribution in [2.75, 3.05) is 27.8 Å². The maximum atomic E-state index is 12.9. The highest BCUT2D eigenvalue weighted by Gasteiger charge is 2.39. The summed E-state index contributed by atoms with van der Waals surface area (Å²) in [6.45, 7) is 0.678. The van der Waals surface area contributed by atoms with E-state index in [0.29, 0.717) is 12.1 Å². The molecule has 0 aliphatic rings. The fourth-order valence-electron chi connectivity index (χ4n) is 3.17. The minimum atomic E-state index is -4.60. The summed E-state index contributed by atoms with van der Waals surface area (Å²) >= 11 is 0. The minimum absolute atomic E-state index is 0.177. The Balaban J connectivity index is 2.37. The van der Waals surface area contributed by atoms with Gasteiger partial charge in [0.05, 0.1) is 14.2 Å². The van der Waals surface area contributed by atoms with Crippen LogP contribution < -0.4 is 0 Å². The molecule has 1 atom stereocenters. The first kappa shape index (κ1) is 23.3. The molecule has 6 nitrogen and oxygen atoms in total. The molecule has 1 aromatic carbocycles. The average molecular weight is 424 g/mol. The van der Waals surface area contributed by atoms with Crippen molar-refractivity contribution in [3.05, 3.63) is 65.5 Å². The molecule has 9 heteroatoms. The van der Waals surface area contributed by atoms with Crippen LogP contribution in [0.2, 0.25) is 0 Å². The van der Waals surface area contributed by atoms with Gasteiger partial charge >= 0.3 is 18.1 Å². The molecule has 1 aromatic heterocycles. The molecule has 1 heterocycles. The van der Waals surface area contributed by atoms with Crippen molar-refractivity contribution in [1.29, 1.82) is 0 Å². The van der Waals surface area contributed by atoms with E-state index in [2.05, 4.69) is 4.98 Å². The zero-order valence-corrected chi connectivity index (χ0v) is 16.8. The van der Waals surface area contributed by atoms with Gasteiger partial charge in [-0.2, -0.15) is 13.2 Å². The van der Waals surface area contributed by atoms with Crippen LogP contribution in [0.25, 0.3) is 0 Å². The van der Waals surface area contributed by atoms with Crippen LogP contribution in [0, 0.1) is 5.92 Å². The molecule has 0 saturated heterocycles. The topological polar surface area (TPSA) is 68.7 Å². The standard InChI is InChI=1S/C21H23F3N2O4/c1-26(12-14-7-5-4-6-8-14)13-16(18(19(27)29-2)20(28)30-3)15-9-10-17(25-11-15)21(22,23)24/h4-11,16,18H,12-13H2,1-3H3/t16-/m1/s1. The summed E-state index contributed by atoms with van der Waals surface area (Å²) in [4.78, 5) is 30.0. The number of halogens is 3. The predicted octanol–water partition coefficient (Wildman–Crippen LogP) is 3.28. The summed E-state index contributed by atoms with van der Waals surface area (Å²) < 4.78 is 48.1. The van der Waals surface area contributed by atoms with Crippen molar-refractivity contribution in [1.82, 2.24) is 9.88 Å². The number of ether oxygens (including phenoxy) is 2. The normalized spacial score (nSPS) is 12.7. The van der Waals surface area contributed by atoms with Gasteiger partial charge in [-0.25, -0.2) is 0 Å². The van der Waals surface area contributed by atoms with E-state index in [1.807, 2.05) is 35.2 Å². The highest BCUT2D eigenvalue weighted by Crippen LogP contribution is 2.31. The van der Waals surface area contributed by atoms with Crippen LogP contribution in [0.1, 0.15) is 22.7 Å². The third-order valence-corrected chi connectivity index (χ3v) is 4.62. The van der Waals surface area contributed by atoms with Crippen molar-refractivity contribution in [2.45, 2.75) is 18.6 Å². The molecule has 0 amide bonds. The first-order valence-electron chi connectivity index (χ1n) is 9.08. The molecular weight excluding hydrogens is 401 g/mol. The van der Waals surface area contributed by atoms with Crippen LogP contribution in [0.3, 0.4) is 0 Å². The number of likely N-dealkylation sites (N-methyl/N-ethyl adjacent to an activating group) is 1. The second-order valence-corrected chi connectivity index (χ2v) is 6.79. The highest BCUT2D eigenvalue weighted by atomic mass is 19.4. The summed E-state index contributed by atoms with van der Waals surface area (Å²) in [5.74, 6) is -3.84. The van der Waals surface area contributed by atoms with Gasteiger partial charge in [0.15, 0.2) is 5.92 Å². The van der Waals surface area contributed by atoms with Crippen molar-refractivity contribution in [3.63, 3.8) is 0 Å². The summed E-state index contributed by atoms with van der Waals surface area (Å²) in [6.07, 6.45) is -3.56. The third kappa shape index (κ3) is 6.03. The van der Waals surface area contributed by atoms with E-state index >= 15 is 0 Å². The number of carbonyl (C=O) groups excluding carboxylic acids is 2. The van der Waals surface area contributed by atoms with Gasteiger partial charge in [-0.15, -0.1) is 0 Å². The molecule has 0 unspecified atom stereocenters. The summed E-state index contributed by atoms with van der Waals surface area (Å²) in [5.41, 5.74) is 0.232. The van der Waals surface area contributed by atoms with Crippen LogP contribution in [-0.4, -0.2) is 49.6 Å². The lowest BCUT2D eigenvalue weighted by Crippen LogP contribution is -2.38. The Morgan fingerprint density at radius 2 is 1.63 bits per heavy atom. The number of hydrogen-bond donors (Lipinski definition) is 0. The summed E-state index contributed by atoms with van der Waals surface area (Å²) in [6, 6.07) is 11.5. The fourth-order valence-corrected chi connectivity index (χ4v) is 3.17. The molecule has 0 spiro atoms. The van der Waals surface area contributed by atoms with E-state index in [9.17, 15) is 22.8 Å². The zero-order chi connectivity index (χ0) is 22.3. The van der Waals surface area contributed by atoms with Crippen molar-refractivity contribution in [3.8, 4) is 0 Å². The molecule has 162 valence electrons. The summed E-state index contributed by atoms with van der Waals surface area (Å²) in [5, 5.41) is 0. The van der Waals surface area contributed by atoms with Gasteiger partial charge in [0.2, 0.25) is 0 Å². The number of hydrogen-bond acceptors (Lipinski definition) is 6. The SMILES string of the molecule is COC(=O)C(C(=O)OC)[C@H](CN(C)Cc1ccccc1)c1ccc(C(F)(F)F)nc1. The number of nitrogens with zero attached hydrogens (tertiary/aromatic N) is 2. The van der Waals surface area contributed by atoms with Gasteiger partial charge in [-0.05, 0) is 24.2 Å². The smallest absolute Gasteiger partial charge is 0.433 e. The molecule has 0 saturated carbocycles. The van der Waals surface area contributed by atoms with Crippen molar-refractivity contribution in [2.24, 2.45) is 5.92 Å². The lowest BCUT2D eigenvalue weighted by atomic mass is 9.86. The van der Waals surface area contributed by atoms with E-state index in [1.54, 1.807) is 7.05 Å². The Hall–Kier alpha value is -2.94. The van der Waals surface area contributed by atoms with E-state index < -0.39 is 35.6 Å². The number of methoxy groups -OCH3 is 2. The average Bonchev–Trinajstić information content (AvgIpc) is 2.73. The molecule has 0 aliphatic carbocycles. The van der Waals surface area contributed by atoms with E-state index in [-0.39, 0.29) is 6.54 Å². The Morgan fingerprint density at radius 3 is 2.10 bits per heavy atom. The van der Waals surface area contributed by atoms with Gasteiger partial charge in [-0.1, -0.05) is 36.4 Å². The van der Waals surface area contributed by atoms with Gasteiger partial charge < -0.3 is 14.4 Å². The molecule has 0 radical (unpaired) electrons. The Kier molecular flexibility index (Phi) is 7.93. The second kappa shape index (κ2) is 10.2. The number of pyridine rings is 1. The van der Waals surface area contributed by atoms with Crippen molar-refractivity contribution < 1.29 is 32.2 Å². The van der Waals surface area contributed by atoms with E-state index in [1.165, 1.54) is 6.07 Å². The molecule has 0 aliphatic heterocycles. The Morgan fingerprint density at radius 1 is 1.03 bits per heavy atom. The van der Waals surface area contributed by atoms with Gasteiger partial charge in [0, 0.05) is 25.2 Å². The number of benzene rings is 1. The van der Waals surface area contributed by atoms with Gasteiger partial charge in [0.25, 0.3) is 0 Å².